The lowest BCUT2D eigenvalue weighted by atomic mass is 10.1. The maximum absolute atomic E-state index is 5.69. The van der Waals surface area contributed by atoms with Crippen molar-refractivity contribution in [1.29, 1.82) is 0 Å². The fourth-order valence-corrected chi connectivity index (χ4v) is 2.05. The molecule has 114 valence electrons. The Labute approximate surface area is 124 Å². The Hall–Kier alpha value is -1.22. The minimum Gasteiger partial charge on any atom is -0.492 e. The lowest BCUT2D eigenvalue weighted by Gasteiger charge is -2.16. The van der Waals surface area contributed by atoms with Crippen LogP contribution in [0.1, 0.15) is 39.5 Å². The zero-order valence-electron chi connectivity index (χ0n) is 13.5. The molecule has 0 amide bonds. The molecule has 1 N–H and O–H groups in total. The van der Waals surface area contributed by atoms with Crippen molar-refractivity contribution in [2.45, 2.75) is 45.6 Å². The van der Waals surface area contributed by atoms with Gasteiger partial charge in [0.25, 0.3) is 0 Å². The van der Waals surface area contributed by atoms with E-state index >= 15 is 0 Å². The van der Waals surface area contributed by atoms with Crippen LogP contribution in [0.5, 0.6) is 5.75 Å². The maximum atomic E-state index is 5.69. The minimum atomic E-state index is 0.530. The predicted molar refractivity (Wildman–Crippen MR) is 87.7 cm³/mol. The van der Waals surface area contributed by atoms with E-state index in [1.807, 2.05) is 12.1 Å². The fourth-order valence-electron chi connectivity index (χ4n) is 2.05. The van der Waals surface area contributed by atoms with Crippen LogP contribution in [0.2, 0.25) is 0 Å². The van der Waals surface area contributed by atoms with Gasteiger partial charge in [-0.05, 0) is 51.7 Å². The standard InChI is InChI=1S/C17H30N2O/c1-5-6-7-8-15(2)18-16-9-11-17(12-10-16)20-14-13-19(3)4/h9-12,15,18H,5-8,13-14H2,1-4H3. The number of unbranched alkanes of at least 4 members (excludes halogenated alkanes) is 2. The van der Waals surface area contributed by atoms with Gasteiger partial charge in [-0.15, -0.1) is 0 Å². The van der Waals surface area contributed by atoms with Crippen LogP contribution in [0.25, 0.3) is 0 Å². The number of benzene rings is 1. The highest BCUT2D eigenvalue weighted by atomic mass is 16.5. The fraction of sp³-hybridized carbons (Fsp3) is 0.647. The van der Waals surface area contributed by atoms with Gasteiger partial charge in [-0.3, -0.25) is 0 Å². The second kappa shape index (κ2) is 9.65. The molecular weight excluding hydrogens is 248 g/mol. The van der Waals surface area contributed by atoms with Crippen molar-refractivity contribution < 1.29 is 4.74 Å². The lowest BCUT2D eigenvalue weighted by molar-refractivity contribution is 0.261. The third kappa shape index (κ3) is 7.39. The first-order valence-electron chi connectivity index (χ1n) is 7.76. The van der Waals surface area contributed by atoms with Crippen LogP contribution >= 0.6 is 0 Å². The molecule has 0 bridgehead atoms. The molecule has 0 saturated carbocycles. The monoisotopic (exact) mass is 278 g/mol. The van der Waals surface area contributed by atoms with Gasteiger partial charge >= 0.3 is 0 Å². The Morgan fingerprint density at radius 3 is 2.45 bits per heavy atom. The summed E-state index contributed by atoms with van der Waals surface area (Å²) < 4.78 is 5.69. The van der Waals surface area contributed by atoms with Crippen LogP contribution in [0.15, 0.2) is 24.3 Å². The Bertz CT molecular complexity index is 349. The molecule has 1 atom stereocenters. The van der Waals surface area contributed by atoms with Crippen LogP contribution in [0.4, 0.5) is 5.69 Å². The van der Waals surface area contributed by atoms with Crippen molar-refractivity contribution in [3.63, 3.8) is 0 Å². The normalized spacial score (nSPS) is 12.4. The van der Waals surface area contributed by atoms with Crippen LogP contribution in [-0.4, -0.2) is 38.2 Å². The minimum absolute atomic E-state index is 0.530. The molecule has 0 aliphatic heterocycles. The van der Waals surface area contributed by atoms with E-state index in [2.05, 4.69) is 50.3 Å². The van der Waals surface area contributed by atoms with Gasteiger partial charge in [-0.2, -0.15) is 0 Å². The molecule has 0 aromatic heterocycles. The molecular formula is C17H30N2O. The molecule has 1 unspecified atom stereocenters. The van der Waals surface area contributed by atoms with Crippen molar-refractivity contribution in [2.24, 2.45) is 0 Å². The molecule has 20 heavy (non-hydrogen) atoms. The molecule has 3 nitrogen and oxygen atoms in total. The van der Waals surface area contributed by atoms with E-state index in [-0.39, 0.29) is 0 Å². The summed E-state index contributed by atoms with van der Waals surface area (Å²) in [5.41, 5.74) is 1.17. The highest BCUT2D eigenvalue weighted by Gasteiger charge is 2.02. The molecule has 0 aliphatic rings. The van der Waals surface area contributed by atoms with Crippen LogP contribution < -0.4 is 10.1 Å². The van der Waals surface area contributed by atoms with E-state index in [0.717, 1.165) is 18.9 Å². The molecule has 0 spiro atoms. The van der Waals surface area contributed by atoms with Crippen molar-refractivity contribution in [1.82, 2.24) is 4.90 Å². The zero-order chi connectivity index (χ0) is 14.8. The van der Waals surface area contributed by atoms with Gasteiger partial charge in [0.2, 0.25) is 0 Å². The highest BCUT2D eigenvalue weighted by Crippen LogP contribution is 2.17. The van der Waals surface area contributed by atoms with Crippen molar-refractivity contribution in [2.75, 3.05) is 32.6 Å². The summed E-state index contributed by atoms with van der Waals surface area (Å²) in [6, 6.07) is 8.80. The van der Waals surface area contributed by atoms with Crippen LogP contribution in [0, 0.1) is 0 Å². The summed E-state index contributed by atoms with van der Waals surface area (Å²) in [7, 11) is 4.10. The number of anilines is 1. The zero-order valence-corrected chi connectivity index (χ0v) is 13.5. The van der Waals surface area contributed by atoms with Gasteiger partial charge < -0.3 is 15.0 Å². The summed E-state index contributed by atoms with van der Waals surface area (Å²) >= 11 is 0. The first-order chi connectivity index (χ1) is 9.61. The Balaban J connectivity index is 2.30. The Morgan fingerprint density at radius 2 is 1.85 bits per heavy atom. The molecule has 3 heteroatoms. The van der Waals surface area contributed by atoms with E-state index in [4.69, 9.17) is 4.74 Å². The number of hydrogen-bond donors (Lipinski definition) is 1. The number of hydrogen-bond acceptors (Lipinski definition) is 3. The lowest BCUT2D eigenvalue weighted by Crippen LogP contribution is -2.19. The maximum Gasteiger partial charge on any atom is 0.119 e. The summed E-state index contributed by atoms with van der Waals surface area (Å²) in [6.07, 6.45) is 5.14. The first-order valence-corrected chi connectivity index (χ1v) is 7.76. The summed E-state index contributed by atoms with van der Waals surface area (Å²) in [5, 5.41) is 3.54. The smallest absolute Gasteiger partial charge is 0.119 e. The number of nitrogens with zero attached hydrogens (tertiary/aromatic N) is 1. The summed E-state index contributed by atoms with van der Waals surface area (Å²) in [6.45, 7) is 6.16. The second-order valence-corrected chi connectivity index (χ2v) is 5.72. The molecule has 1 rings (SSSR count). The van der Waals surface area contributed by atoms with E-state index in [1.54, 1.807) is 0 Å². The molecule has 1 aromatic carbocycles. The van der Waals surface area contributed by atoms with Gasteiger partial charge in [-0.1, -0.05) is 26.2 Å². The number of rotatable bonds is 10. The average Bonchev–Trinajstić information content (AvgIpc) is 2.41. The molecule has 0 aliphatic carbocycles. The van der Waals surface area contributed by atoms with E-state index in [1.165, 1.54) is 31.4 Å². The summed E-state index contributed by atoms with van der Waals surface area (Å²) in [4.78, 5) is 2.12. The van der Waals surface area contributed by atoms with Gasteiger partial charge in [-0.25, -0.2) is 0 Å². The third-order valence-electron chi connectivity index (χ3n) is 3.32. The quantitative estimate of drug-likeness (QED) is 0.655. The van der Waals surface area contributed by atoms with Gasteiger partial charge in [0.05, 0.1) is 0 Å². The average molecular weight is 278 g/mol. The second-order valence-electron chi connectivity index (χ2n) is 5.72. The van der Waals surface area contributed by atoms with Gasteiger partial charge in [0, 0.05) is 18.3 Å². The summed E-state index contributed by atoms with van der Waals surface area (Å²) in [5.74, 6) is 0.941. The van der Waals surface area contributed by atoms with Gasteiger partial charge in [0.1, 0.15) is 12.4 Å². The molecule has 0 saturated heterocycles. The van der Waals surface area contributed by atoms with Crippen LogP contribution in [-0.2, 0) is 0 Å². The van der Waals surface area contributed by atoms with Gasteiger partial charge in [0.15, 0.2) is 0 Å². The Morgan fingerprint density at radius 1 is 1.15 bits per heavy atom. The molecule has 1 aromatic rings. The SMILES string of the molecule is CCCCCC(C)Nc1ccc(OCCN(C)C)cc1. The van der Waals surface area contributed by atoms with Crippen molar-refractivity contribution in [3.05, 3.63) is 24.3 Å². The van der Waals surface area contributed by atoms with E-state index < -0.39 is 0 Å². The largest absolute Gasteiger partial charge is 0.492 e. The van der Waals surface area contributed by atoms with Crippen molar-refractivity contribution >= 4 is 5.69 Å². The number of ether oxygens (including phenoxy) is 1. The van der Waals surface area contributed by atoms with Crippen molar-refractivity contribution in [3.8, 4) is 5.75 Å². The first kappa shape index (κ1) is 16.8. The topological polar surface area (TPSA) is 24.5 Å². The molecule has 0 radical (unpaired) electrons. The molecule has 0 fully saturated rings. The number of likely N-dealkylation sites (N-methyl/N-ethyl adjacent to an activating group) is 1. The van der Waals surface area contributed by atoms with E-state index in [0.29, 0.717) is 6.04 Å². The number of nitrogens with one attached hydrogen (secondary N) is 1. The van der Waals surface area contributed by atoms with Crippen LogP contribution in [0.3, 0.4) is 0 Å². The predicted octanol–water partition coefficient (Wildman–Crippen LogP) is 4.01. The molecule has 0 heterocycles. The Kier molecular flexibility index (Phi) is 8.12. The third-order valence-corrected chi connectivity index (χ3v) is 3.32. The highest BCUT2D eigenvalue weighted by molar-refractivity contribution is 5.46. The van der Waals surface area contributed by atoms with E-state index in [9.17, 15) is 0 Å².